The molecule has 0 aromatic carbocycles. The van der Waals surface area contributed by atoms with Crippen LogP contribution in [0.2, 0.25) is 0 Å². The van der Waals surface area contributed by atoms with Crippen LogP contribution in [0.1, 0.15) is 48.5 Å². The molecule has 27 heavy (non-hydrogen) atoms. The molecule has 0 saturated carbocycles. The number of allylic oxidation sites excluding steroid dienone is 1. The maximum atomic E-state index is 13.2. The average Bonchev–Trinajstić information content (AvgIpc) is 3.13. The molecule has 1 aromatic heterocycles. The summed E-state index contributed by atoms with van der Waals surface area (Å²) in [6, 6.07) is 1.90. The van der Waals surface area contributed by atoms with E-state index in [0.717, 1.165) is 6.92 Å². The van der Waals surface area contributed by atoms with Gasteiger partial charge in [-0.15, -0.1) is 0 Å². The number of amides is 1. The Kier molecular flexibility index (Phi) is 4.21. The van der Waals surface area contributed by atoms with Crippen LogP contribution in [-0.2, 0) is 11.0 Å². The Bertz CT molecular complexity index is 892. The summed E-state index contributed by atoms with van der Waals surface area (Å²) in [6.07, 6.45) is -2.31. The van der Waals surface area contributed by atoms with Gasteiger partial charge in [0.1, 0.15) is 11.6 Å². The third kappa shape index (κ3) is 3.13. The van der Waals surface area contributed by atoms with Gasteiger partial charge >= 0.3 is 6.18 Å². The number of hydrogen-bond donors (Lipinski definition) is 0. The number of nitrogens with zero attached hydrogens (tertiary/aromatic N) is 3. The fourth-order valence-corrected chi connectivity index (χ4v) is 4.16. The standard InChI is InChI=1S/C18H18F3N3O3/c1-10-12(18(19,20)21)13(27-23-10)15(26)24-5-4-17(9-24)6-11(7-22)14(25)16(2,3)8-17/h6H,4-5,8-9H2,1-3H3. The van der Waals surface area contributed by atoms with E-state index < -0.39 is 39.9 Å². The zero-order valence-corrected chi connectivity index (χ0v) is 15.1. The molecule has 9 heteroatoms. The number of carbonyl (C=O) groups is 2. The summed E-state index contributed by atoms with van der Waals surface area (Å²) in [5.41, 5.74) is -2.92. The van der Waals surface area contributed by atoms with Gasteiger partial charge in [0, 0.05) is 23.9 Å². The second kappa shape index (κ2) is 5.94. The molecule has 0 N–H and O–H groups in total. The highest BCUT2D eigenvalue weighted by atomic mass is 19.4. The minimum Gasteiger partial charge on any atom is -0.350 e. The van der Waals surface area contributed by atoms with Gasteiger partial charge in [0.2, 0.25) is 5.76 Å². The summed E-state index contributed by atoms with van der Waals surface area (Å²) in [6.45, 7) is 4.91. The first-order valence-electron chi connectivity index (χ1n) is 8.41. The summed E-state index contributed by atoms with van der Waals surface area (Å²) in [7, 11) is 0. The molecular formula is C18H18F3N3O3. The van der Waals surface area contributed by atoms with Crippen molar-refractivity contribution in [2.24, 2.45) is 10.8 Å². The molecular weight excluding hydrogens is 363 g/mol. The van der Waals surface area contributed by atoms with E-state index >= 15 is 0 Å². The number of halogens is 3. The van der Waals surface area contributed by atoms with E-state index in [2.05, 4.69) is 9.68 Å². The maximum Gasteiger partial charge on any atom is 0.422 e. The summed E-state index contributed by atoms with van der Waals surface area (Å²) < 4.78 is 44.4. The highest BCUT2D eigenvalue weighted by Gasteiger charge is 2.50. The number of carbonyl (C=O) groups excluding carboxylic acids is 2. The van der Waals surface area contributed by atoms with Gasteiger partial charge in [-0.05, 0) is 19.8 Å². The van der Waals surface area contributed by atoms with E-state index in [9.17, 15) is 28.0 Å². The number of aryl methyl sites for hydroxylation is 1. The van der Waals surface area contributed by atoms with Gasteiger partial charge in [-0.1, -0.05) is 25.1 Å². The molecule has 1 spiro atoms. The average molecular weight is 381 g/mol. The van der Waals surface area contributed by atoms with Crippen LogP contribution in [0.3, 0.4) is 0 Å². The first-order valence-corrected chi connectivity index (χ1v) is 8.41. The van der Waals surface area contributed by atoms with Crippen molar-refractivity contribution in [1.82, 2.24) is 10.1 Å². The van der Waals surface area contributed by atoms with Gasteiger partial charge in [0.15, 0.2) is 5.78 Å². The zero-order chi connectivity index (χ0) is 20.2. The van der Waals surface area contributed by atoms with E-state index in [4.69, 9.17) is 0 Å². The third-order valence-electron chi connectivity index (χ3n) is 5.24. The zero-order valence-electron chi connectivity index (χ0n) is 15.1. The van der Waals surface area contributed by atoms with Crippen LogP contribution in [0, 0.1) is 29.1 Å². The highest BCUT2D eigenvalue weighted by Crippen LogP contribution is 2.48. The van der Waals surface area contributed by atoms with Gasteiger partial charge in [0.05, 0.1) is 11.3 Å². The monoisotopic (exact) mass is 381 g/mol. The Morgan fingerprint density at radius 3 is 2.67 bits per heavy atom. The van der Waals surface area contributed by atoms with Crippen LogP contribution in [0.25, 0.3) is 0 Å². The van der Waals surface area contributed by atoms with Crippen LogP contribution in [0.15, 0.2) is 16.2 Å². The molecule has 1 unspecified atom stereocenters. The Morgan fingerprint density at radius 2 is 2.07 bits per heavy atom. The minimum absolute atomic E-state index is 0.0343. The lowest BCUT2D eigenvalue weighted by atomic mass is 9.64. The topological polar surface area (TPSA) is 87.2 Å². The number of ketones is 1. The second-order valence-electron chi connectivity index (χ2n) is 7.87. The first kappa shape index (κ1) is 19.1. The maximum absolute atomic E-state index is 13.2. The van der Waals surface area contributed by atoms with Crippen molar-refractivity contribution < 1.29 is 27.3 Å². The Morgan fingerprint density at radius 1 is 1.41 bits per heavy atom. The largest absolute Gasteiger partial charge is 0.422 e. The Balaban J connectivity index is 1.92. The quantitative estimate of drug-likeness (QED) is 0.745. The van der Waals surface area contributed by atoms with Crippen LogP contribution in [-0.4, -0.2) is 34.8 Å². The van der Waals surface area contributed by atoms with Crippen molar-refractivity contribution in [1.29, 1.82) is 5.26 Å². The molecule has 2 aliphatic rings. The molecule has 1 aliphatic heterocycles. The van der Waals surface area contributed by atoms with E-state index in [1.165, 1.54) is 4.90 Å². The summed E-state index contributed by atoms with van der Waals surface area (Å²) >= 11 is 0. The predicted octanol–water partition coefficient (Wildman–Crippen LogP) is 3.28. The van der Waals surface area contributed by atoms with Gasteiger partial charge in [-0.25, -0.2) is 0 Å². The van der Waals surface area contributed by atoms with Crippen molar-refractivity contribution in [2.45, 2.75) is 39.8 Å². The van der Waals surface area contributed by atoms with Crippen molar-refractivity contribution in [3.05, 3.63) is 28.7 Å². The number of aromatic nitrogens is 1. The summed E-state index contributed by atoms with van der Waals surface area (Å²) in [5, 5.41) is 12.5. The lowest BCUT2D eigenvalue weighted by Gasteiger charge is -2.38. The molecule has 1 aliphatic carbocycles. The summed E-state index contributed by atoms with van der Waals surface area (Å²) in [4.78, 5) is 26.2. The van der Waals surface area contributed by atoms with Gasteiger partial charge in [-0.2, -0.15) is 18.4 Å². The highest BCUT2D eigenvalue weighted by molar-refractivity contribution is 6.03. The number of rotatable bonds is 1. The van der Waals surface area contributed by atoms with Crippen LogP contribution in [0.4, 0.5) is 13.2 Å². The van der Waals surface area contributed by atoms with E-state index in [1.54, 1.807) is 19.9 Å². The molecule has 2 heterocycles. The van der Waals surface area contributed by atoms with Crippen molar-refractivity contribution in [3.8, 4) is 6.07 Å². The lowest BCUT2D eigenvalue weighted by Crippen LogP contribution is -2.41. The number of hydrogen-bond acceptors (Lipinski definition) is 5. The molecule has 0 bridgehead atoms. The van der Waals surface area contributed by atoms with Crippen molar-refractivity contribution in [3.63, 3.8) is 0 Å². The molecule has 0 radical (unpaired) electrons. The molecule has 1 amide bonds. The van der Waals surface area contributed by atoms with Crippen molar-refractivity contribution in [2.75, 3.05) is 13.1 Å². The predicted molar refractivity (Wildman–Crippen MR) is 86.3 cm³/mol. The molecule has 1 fully saturated rings. The SMILES string of the molecule is Cc1noc(C(=O)N2CCC3(C=C(C#N)C(=O)C(C)(C)C3)C2)c1C(F)(F)F. The molecule has 144 valence electrons. The normalized spacial score (nSPS) is 24.9. The molecule has 1 saturated heterocycles. The smallest absolute Gasteiger partial charge is 0.350 e. The van der Waals surface area contributed by atoms with Crippen molar-refractivity contribution >= 4 is 11.7 Å². The van der Waals surface area contributed by atoms with Crippen LogP contribution >= 0.6 is 0 Å². The third-order valence-corrected chi connectivity index (χ3v) is 5.24. The molecule has 6 nitrogen and oxygen atoms in total. The fraction of sp³-hybridized carbons (Fsp3) is 0.556. The van der Waals surface area contributed by atoms with Crippen LogP contribution in [0.5, 0.6) is 0 Å². The molecule has 3 rings (SSSR count). The van der Waals surface area contributed by atoms with E-state index in [0.29, 0.717) is 12.8 Å². The van der Waals surface area contributed by atoms with E-state index in [-0.39, 0.29) is 24.4 Å². The summed E-state index contributed by atoms with van der Waals surface area (Å²) in [5.74, 6) is -1.97. The number of alkyl halides is 3. The minimum atomic E-state index is -4.75. The number of likely N-dealkylation sites (tertiary alicyclic amines) is 1. The van der Waals surface area contributed by atoms with Gasteiger partial charge < -0.3 is 9.42 Å². The Hall–Kier alpha value is -2.63. The number of Topliss-reactive ketones (excluding diaryl/α,β-unsaturated/α-hetero) is 1. The fourth-order valence-electron chi connectivity index (χ4n) is 4.16. The van der Waals surface area contributed by atoms with Crippen LogP contribution < -0.4 is 0 Å². The van der Waals surface area contributed by atoms with E-state index in [1.807, 2.05) is 6.07 Å². The second-order valence-corrected chi connectivity index (χ2v) is 7.87. The lowest BCUT2D eigenvalue weighted by molar-refractivity contribution is -0.138. The molecule has 1 aromatic rings. The first-order chi connectivity index (χ1) is 12.4. The number of nitriles is 1. The van der Waals surface area contributed by atoms with Gasteiger partial charge in [0.25, 0.3) is 5.91 Å². The van der Waals surface area contributed by atoms with Gasteiger partial charge in [-0.3, -0.25) is 9.59 Å². The Labute approximate surface area is 153 Å². The molecule has 1 atom stereocenters.